The predicted molar refractivity (Wildman–Crippen MR) is 54.0 cm³/mol. The Balaban J connectivity index is 3.22. The lowest BCUT2D eigenvalue weighted by atomic mass is 10.1. The molecule has 0 radical (unpaired) electrons. The molecule has 1 aromatic carbocycles. The summed E-state index contributed by atoms with van der Waals surface area (Å²) in [4.78, 5) is -0.273. The van der Waals surface area contributed by atoms with Crippen molar-refractivity contribution >= 4 is 21.7 Å². The van der Waals surface area contributed by atoms with Gasteiger partial charge in [-0.25, -0.2) is 0 Å². The summed E-state index contributed by atoms with van der Waals surface area (Å²) in [6.07, 6.45) is 0.541. The van der Waals surface area contributed by atoms with Gasteiger partial charge in [-0.3, -0.25) is 4.55 Å². The standard InChI is InChI=1S/C8H10ClNO3S/c9-7-2-1-6(3-4-10)5-8(7)14(11,12)13/h1-2,5H,3-4,10H2,(H,11,12,13). The third-order valence-electron chi connectivity index (χ3n) is 1.71. The van der Waals surface area contributed by atoms with Gasteiger partial charge in [0.25, 0.3) is 10.1 Å². The highest BCUT2D eigenvalue weighted by atomic mass is 35.5. The molecule has 0 bridgehead atoms. The van der Waals surface area contributed by atoms with Crippen molar-refractivity contribution in [2.75, 3.05) is 6.54 Å². The first-order valence-corrected chi connectivity index (χ1v) is 5.73. The van der Waals surface area contributed by atoms with E-state index in [-0.39, 0.29) is 9.92 Å². The molecule has 4 nitrogen and oxygen atoms in total. The number of halogens is 1. The molecule has 0 fully saturated rings. The zero-order chi connectivity index (χ0) is 10.8. The van der Waals surface area contributed by atoms with Crippen LogP contribution < -0.4 is 5.73 Å². The second-order valence-electron chi connectivity index (χ2n) is 2.78. The van der Waals surface area contributed by atoms with Gasteiger partial charge in [-0.1, -0.05) is 17.7 Å². The summed E-state index contributed by atoms with van der Waals surface area (Å²) in [5.41, 5.74) is 6.04. The minimum atomic E-state index is -4.25. The quantitative estimate of drug-likeness (QED) is 0.769. The van der Waals surface area contributed by atoms with Crippen LogP contribution in [-0.4, -0.2) is 19.5 Å². The Kier molecular flexibility index (Phi) is 3.49. The van der Waals surface area contributed by atoms with Crippen LogP contribution in [0.2, 0.25) is 5.02 Å². The second-order valence-corrected chi connectivity index (χ2v) is 4.58. The monoisotopic (exact) mass is 235 g/mol. The maximum Gasteiger partial charge on any atom is 0.296 e. The van der Waals surface area contributed by atoms with Gasteiger partial charge >= 0.3 is 0 Å². The van der Waals surface area contributed by atoms with E-state index in [0.29, 0.717) is 13.0 Å². The van der Waals surface area contributed by atoms with Gasteiger partial charge in [0.2, 0.25) is 0 Å². The Hall–Kier alpha value is -0.620. The first-order chi connectivity index (χ1) is 6.45. The number of nitrogens with two attached hydrogens (primary N) is 1. The van der Waals surface area contributed by atoms with Gasteiger partial charge in [-0.05, 0) is 30.7 Å². The molecule has 3 N–H and O–H groups in total. The molecule has 0 amide bonds. The van der Waals surface area contributed by atoms with E-state index in [2.05, 4.69) is 0 Å². The lowest BCUT2D eigenvalue weighted by Gasteiger charge is -2.03. The number of hydrogen-bond donors (Lipinski definition) is 2. The molecule has 0 aliphatic carbocycles. The molecule has 0 saturated carbocycles. The van der Waals surface area contributed by atoms with Crippen molar-refractivity contribution in [3.05, 3.63) is 28.8 Å². The summed E-state index contributed by atoms with van der Waals surface area (Å²) >= 11 is 5.61. The SMILES string of the molecule is NCCc1ccc(Cl)c(S(=O)(=O)O)c1. The molecule has 78 valence electrons. The van der Waals surface area contributed by atoms with Gasteiger partial charge in [0.05, 0.1) is 5.02 Å². The van der Waals surface area contributed by atoms with Crippen molar-refractivity contribution in [2.45, 2.75) is 11.3 Å². The molecule has 0 atom stereocenters. The van der Waals surface area contributed by atoms with Gasteiger partial charge in [0, 0.05) is 0 Å². The third kappa shape index (κ3) is 2.68. The van der Waals surface area contributed by atoms with Crippen molar-refractivity contribution in [3.63, 3.8) is 0 Å². The lowest BCUT2D eigenvalue weighted by molar-refractivity contribution is 0.483. The molecule has 0 heterocycles. The molecule has 0 aromatic heterocycles. The maximum atomic E-state index is 10.9. The molecule has 14 heavy (non-hydrogen) atoms. The van der Waals surface area contributed by atoms with Gasteiger partial charge in [-0.15, -0.1) is 0 Å². The van der Waals surface area contributed by atoms with Crippen molar-refractivity contribution < 1.29 is 13.0 Å². The Morgan fingerprint density at radius 2 is 2.07 bits per heavy atom. The van der Waals surface area contributed by atoms with Gasteiger partial charge < -0.3 is 5.73 Å². The maximum absolute atomic E-state index is 10.9. The average Bonchev–Trinajstić information content (AvgIpc) is 2.07. The van der Waals surface area contributed by atoms with E-state index in [9.17, 15) is 8.42 Å². The number of rotatable bonds is 3. The summed E-state index contributed by atoms with van der Waals surface area (Å²) in [5, 5.41) is 0.00766. The van der Waals surface area contributed by atoms with Gasteiger partial charge in [0.1, 0.15) is 4.90 Å². The highest BCUT2D eigenvalue weighted by Gasteiger charge is 2.14. The molecule has 0 aliphatic heterocycles. The van der Waals surface area contributed by atoms with E-state index in [4.69, 9.17) is 21.9 Å². The van der Waals surface area contributed by atoms with E-state index in [1.165, 1.54) is 12.1 Å². The van der Waals surface area contributed by atoms with E-state index in [0.717, 1.165) is 5.56 Å². The van der Waals surface area contributed by atoms with Crippen LogP contribution in [0.1, 0.15) is 5.56 Å². The summed E-state index contributed by atoms with van der Waals surface area (Å²) in [7, 11) is -4.25. The summed E-state index contributed by atoms with van der Waals surface area (Å²) in [5.74, 6) is 0. The minimum absolute atomic E-state index is 0.00766. The molecule has 6 heteroatoms. The normalized spacial score (nSPS) is 11.6. The van der Waals surface area contributed by atoms with Gasteiger partial charge in [0.15, 0.2) is 0 Å². The average molecular weight is 236 g/mol. The predicted octanol–water partition coefficient (Wildman–Crippen LogP) is 1.09. The van der Waals surface area contributed by atoms with Crippen molar-refractivity contribution in [1.82, 2.24) is 0 Å². The number of benzene rings is 1. The van der Waals surface area contributed by atoms with E-state index in [1.807, 2.05) is 0 Å². The largest absolute Gasteiger partial charge is 0.330 e. The zero-order valence-electron chi connectivity index (χ0n) is 7.27. The van der Waals surface area contributed by atoms with Crippen molar-refractivity contribution in [1.29, 1.82) is 0 Å². The van der Waals surface area contributed by atoms with Crippen LogP contribution in [-0.2, 0) is 16.5 Å². The molecule has 1 rings (SSSR count). The zero-order valence-corrected chi connectivity index (χ0v) is 8.85. The van der Waals surface area contributed by atoms with Crippen LogP contribution in [0.4, 0.5) is 0 Å². The summed E-state index contributed by atoms with van der Waals surface area (Å²) < 4.78 is 30.5. The van der Waals surface area contributed by atoms with E-state index >= 15 is 0 Å². The Bertz CT molecular complexity index is 430. The third-order valence-corrected chi connectivity index (χ3v) is 3.04. The fourth-order valence-electron chi connectivity index (χ4n) is 1.07. The highest BCUT2D eigenvalue weighted by molar-refractivity contribution is 7.86. The van der Waals surface area contributed by atoms with E-state index < -0.39 is 10.1 Å². The fourth-order valence-corrected chi connectivity index (χ4v) is 2.09. The molecular weight excluding hydrogens is 226 g/mol. The van der Waals surface area contributed by atoms with Crippen molar-refractivity contribution in [3.8, 4) is 0 Å². The van der Waals surface area contributed by atoms with Crippen LogP contribution in [0.3, 0.4) is 0 Å². The van der Waals surface area contributed by atoms with Crippen LogP contribution in [0, 0.1) is 0 Å². The highest BCUT2D eigenvalue weighted by Crippen LogP contribution is 2.22. The lowest BCUT2D eigenvalue weighted by Crippen LogP contribution is -2.05. The van der Waals surface area contributed by atoms with Crippen LogP contribution in [0.25, 0.3) is 0 Å². The van der Waals surface area contributed by atoms with Crippen LogP contribution >= 0.6 is 11.6 Å². The Morgan fingerprint density at radius 3 is 2.57 bits per heavy atom. The molecular formula is C8H10ClNO3S. The fraction of sp³-hybridized carbons (Fsp3) is 0.250. The van der Waals surface area contributed by atoms with Gasteiger partial charge in [-0.2, -0.15) is 8.42 Å². The summed E-state index contributed by atoms with van der Waals surface area (Å²) in [6.45, 7) is 0.409. The first kappa shape index (κ1) is 11.5. The minimum Gasteiger partial charge on any atom is -0.330 e. The van der Waals surface area contributed by atoms with Crippen LogP contribution in [0.5, 0.6) is 0 Å². The van der Waals surface area contributed by atoms with Crippen LogP contribution in [0.15, 0.2) is 23.1 Å². The molecule has 0 unspecified atom stereocenters. The first-order valence-electron chi connectivity index (χ1n) is 3.91. The van der Waals surface area contributed by atoms with Crippen molar-refractivity contribution in [2.24, 2.45) is 5.73 Å². The number of hydrogen-bond acceptors (Lipinski definition) is 3. The smallest absolute Gasteiger partial charge is 0.296 e. The second kappa shape index (κ2) is 4.27. The molecule has 1 aromatic rings. The Labute approximate surface area is 87.4 Å². The van der Waals surface area contributed by atoms with E-state index in [1.54, 1.807) is 6.07 Å². The topological polar surface area (TPSA) is 80.4 Å². The molecule has 0 saturated heterocycles. The molecule has 0 spiro atoms. The molecule has 0 aliphatic rings. The summed E-state index contributed by atoms with van der Waals surface area (Å²) in [6, 6.07) is 4.42. The Morgan fingerprint density at radius 1 is 1.43 bits per heavy atom.